The number of hydrogen-bond donors (Lipinski definition) is 1. The Morgan fingerprint density at radius 2 is 1.81 bits per heavy atom. The highest BCUT2D eigenvalue weighted by atomic mass is 16.2. The van der Waals surface area contributed by atoms with Gasteiger partial charge in [0.15, 0.2) is 0 Å². The van der Waals surface area contributed by atoms with Gasteiger partial charge >= 0.3 is 0 Å². The van der Waals surface area contributed by atoms with Crippen LogP contribution in [-0.2, 0) is 14.4 Å². The maximum atomic E-state index is 11.6. The molecule has 0 aromatic heterocycles. The highest BCUT2D eigenvalue weighted by molar-refractivity contribution is 6.36. The molecule has 0 unspecified atom stereocenters. The molecule has 0 aliphatic carbocycles. The molecule has 0 saturated carbocycles. The Balaban J connectivity index is 4.87. The van der Waals surface area contributed by atoms with Crippen molar-refractivity contribution in [2.75, 3.05) is 6.54 Å². The van der Waals surface area contributed by atoms with Crippen molar-refractivity contribution in [1.82, 2.24) is 4.90 Å². The van der Waals surface area contributed by atoms with Crippen LogP contribution in [0.2, 0.25) is 0 Å². The average molecular weight is 226 g/mol. The molecular formula is C11H18N2O3. The van der Waals surface area contributed by atoms with Gasteiger partial charge in [0.2, 0.25) is 11.7 Å². The predicted octanol–water partition coefficient (Wildman–Crippen LogP) is 0.593. The van der Waals surface area contributed by atoms with Crippen molar-refractivity contribution in [2.24, 2.45) is 5.73 Å². The normalized spacial score (nSPS) is 11.1. The second-order valence-corrected chi connectivity index (χ2v) is 3.45. The molecule has 0 radical (unpaired) electrons. The standard InChI is InChI=1S/C11H18N2O3/c1-4-6-13(7-8(3)10(12)15)11(16)9(14)5-2/h7H,4-6H2,1-3H3,(H2,12,15). The van der Waals surface area contributed by atoms with Gasteiger partial charge in [0, 0.05) is 24.7 Å². The Morgan fingerprint density at radius 1 is 1.25 bits per heavy atom. The van der Waals surface area contributed by atoms with Gasteiger partial charge in [-0.1, -0.05) is 13.8 Å². The highest BCUT2D eigenvalue weighted by Gasteiger charge is 2.18. The first-order valence-corrected chi connectivity index (χ1v) is 5.26. The van der Waals surface area contributed by atoms with E-state index in [9.17, 15) is 14.4 Å². The number of carbonyl (C=O) groups excluding carboxylic acids is 3. The van der Waals surface area contributed by atoms with Crippen LogP contribution in [0.5, 0.6) is 0 Å². The molecule has 2 N–H and O–H groups in total. The molecule has 0 aliphatic rings. The van der Waals surface area contributed by atoms with Crippen LogP contribution in [-0.4, -0.2) is 29.0 Å². The lowest BCUT2D eigenvalue weighted by Gasteiger charge is -2.17. The molecular weight excluding hydrogens is 208 g/mol. The Bertz CT molecular complexity index is 321. The monoisotopic (exact) mass is 226 g/mol. The second kappa shape index (κ2) is 6.76. The van der Waals surface area contributed by atoms with Crippen molar-refractivity contribution < 1.29 is 14.4 Å². The molecule has 0 spiro atoms. The van der Waals surface area contributed by atoms with Crippen molar-refractivity contribution in [3.63, 3.8) is 0 Å². The molecule has 0 heterocycles. The minimum atomic E-state index is -0.599. The number of primary amides is 1. The molecule has 0 saturated heterocycles. The van der Waals surface area contributed by atoms with Crippen molar-refractivity contribution in [3.8, 4) is 0 Å². The smallest absolute Gasteiger partial charge is 0.293 e. The number of rotatable bonds is 6. The van der Waals surface area contributed by atoms with Crippen molar-refractivity contribution in [2.45, 2.75) is 33.6 Å². The van der Waals surface area contributed by atoms with Crippen LogP contribution < -0.4 is 5.73 Å². The Hall–Kier alpha value is -1.65. The predicted molar refractivity (Wildman–Crippen MR) is 60.3 cm³/mol. The van der Waals surface area contributed by atoms with Crippen LogP contribution in [0.25, 0.3) is 0 Å². The fourth-order valence-corrected chi connectivity index (χ4v) is 1.07. The molecule has 0 aliphatic heterocycles. The fraction of sp³-hybridized carbons (Fsp3) is 0.545. The average Bonchev–Trinajstić information content (AvgIpc) is 2.26. The van der Waals surface area contributed by atoms with Crippen molar-refractivity contribution in [1.29, 1.82) is 0 Å². The van der Waals surface area contributed by atoms with Crippen molar-refractivity contribution in [3.05, 3.63) is 11.8 Å². The molecule has 0 aromatic rings. The summed E-state index contributed by atoms with van der Waals surface area (Å²) in [5.41, 5.74) is 5.31. The van der Waals surface area contributed by atoms with Gasteiger partial charge in [-0.05, 0) is 13.3 Å². The first-order valence-electron chi connectivity index (χ1n) is 5.26. The van der Waals surface area contributed by atoms with Gasteiger partial charge < -0.3 is 10.6 Å². The summed E-state index contributed by atoms with van der Waals surface area (Å²) < 4.78 is 0. The fourth-order valence-electron chi connectivity index (χ4n) is 1.07. The highest BCUT2D eigenvalue weighted by Crippen LogP contribution is 2.01. The number of nitrogens with two attached hydrogens (primary N) is 1. The summed E-state index contributed by atoms with van der Waals surface area (Å²) in [5.74, 6) is -1.66. The molecule has 16 heavy (non-hydrogen) atoms. The molecule has 0 fully saturated rings. The lowest BCUT2D eigenvalue weighted by molar-refractivity contribution is -0.142. The van der Waals surface area contributed by atoms with Crippen LogP contribution >= 0.6 is 0 Å². The van der Waals surface area contributed by atoms with Gasteiger partial charge in [-0.3, -0.25) is 14.4 Å². The molecule has 0 aromatic carbocycles. The van der Waals surface area contributed by atoms with E-state index in [4.69, 9.17) is 5.73 Å². The van der Waals surface area contributed by atoms with E-state index < -0.39 is 17.6 Å². The van der Waals surface area contributed by atoms with Crippen LogP contribution in [0.15, 0.2) is 11.8 Å². The maximum Gasteiger partial charge on any atom is 0.293 e. The van der Waals surface area contributed by atoms with Crippen LogP contribution in [0.3, 0.4) is 0 Å². The summed E-state index contributed by atoms with van der Waals surface area (Å²) in [5, 5.41) is 0. The summed E-state index contributed by atoms with van der Waals surface area (Å²) >= 11 is 0. The van der Waals surface area contributed by atoms with Crippen LogP contribution in [0.4, 0.5) is 0 Å². The molecule has 2 amide bonds. The molecule has 0 rings (SSSR count). The van der Waals surface area contributed by atoms with Gasteiger partial charge in [-0.25, -0.2) is 0 Å². The number of amides is 2. The van der Waals surface area contributed by atoms with E-state index in [0.717, 1.165) is 0 Å². The zero-order valence-corrected chi connectivity index (χ0v) is 9.95. The first kappa shape index (κ1) is 14.3. The van der Waals surface area contributed by atoms with Gasteiger partial charge in [0.25, 0.3) is 5.91 Å². The van der Waals surface area contributed by atoms with Crippen LogP contribution in [0.1, 0.15) is 33.6 Å². The number of nitrogens with zero attached hydrogens (tertiary/aromatic N) is 1. The molecule has 0 atom stereocenters. The third-order valence-electron chi connectivity index (χ3n) is 2.02. The summed E-state index contributed by atoms with van der Waals surface area (Å²) in [7, 11) is 0. The molecule has 5 nitrogen and oxygen atoms in total. The molecule has 90 valence electrons. The Kier molecular flexibility index (Phi) is 6.07. The lowest BCUT2D eigenvalue weighted by Crippen LogP contribution is -2.33. The number of carbonyl (C=O) groups is 3. The largest absolute Gasteiger partial charge is 0.366 e. The minimum Gasteiger partial charge on any atom is -0.366 e. The lowest BCUT2D eigenvalue weighted by atomic mass is 10.2. The van der Waals surface area contributed by atoms with E-state index in [1.54, 1.807) is 6.92 Å². The SMILES string of the molecule is CCCN(C=C(C)C(N)=O)C(=O)C(=O)CC. The van der Waals surface area contributed by atoms with Crippen molar-refractivity contribution >= 4 is 17.6 Å². The summed E-state index contributed by atoms with van der Waals surface area (Å²) in [6.07, 6.45) is 2.19. The zero-order valence-electron chi connectivity index (χ0n) is 9.95. The van der Waals surface area contributed by atoms with E-state index in [2.05, 4.69) is 0 Å². The van der Waals surface area contributed by atoms with Gasteiger partial charge in [-0.15, -0.1) is 0 Å². The summed E-state index contributed by atoms with van der Waals surface area (Å²) in [6.45, 7) is 5.41. The van der Waals surface area contributed by atoms with E-state index in [0.29, 0.717) is 13.0 Å². The van der Waals surface area contributed by atoms with Gasteiger partial charge in [-0.2, -0.15) is 0 Å². The second-order valence-electron chi connectivity index (χ2n) is 3.45. The summed E-state index contributed by atoms with van der Waals surface area (Å²) in [4.78, 5) is 34.9. The van der Waals surface area contributed by atoms with Crippen LogP contribution in [0, 0.1) is 0 Å². The number of hydrogen-bond acceptors (Lipinski definition) is 3. The Labute approximate surface area is 95.3 Å². The third-order valence-corrected chi connectivity index (χ3v) is 2.02. The quantitative estimate of drug-likeness (QED) is 0.531. The minimum absolute atomic E-state index is 0.155. The van der Waals surface area contributed by atoms with E-state index in [1.165, 1.54) is 18.0 Å². The van der Waals surface area contributed by atoms with E-state index in [1.807, 2.05) is 6.92 Å². The topological polar surface area (TPSA) is 80.5 Å². The number of ketones is 1. The van der Waals surface area contributed by atoms with Gasteiger partial charge in [0.1, 0.15) is 0 Å². The van der Waals surface area contributed by atoms with E-state index >= 15 is 0 Å². The zero-order chi connectivity index (χ0) is 12.7. The van der Waals surface area contributed by atoms with E-state index in [-0.39, 0.29) is 12.0 Å². The third kappa shape index (κ3) is 4.25. The first-order chi connectivity index (χ1) is 7.43. The summed E-state index contributed by atoms with van der Waals surface area (Å²) in [6, 6.07) is 0. The molecule has 5 heteroatoms. The molecule has 0 bridgehead atoms. The maximum absolute atomic E-state index is 11.6. The Morgan fingerprint density at radius 3 is 2.19 bits per heavy atom. The number of Topliss-reactive ketones (excluding diaryl/α,β-unsaturated/α-hetero) is 1. The van der Waals surface area contributed by atoms with Gasteiger partial charge in [0.05, 0.1) is 0 Å².